The van der Waals surface area contributed by atoms with Crippen molar-refractivity contribution in [3.8, 4) is 5.75 Å². The number of aromatic hydroxyl groups is 1. The molecule has 0 saturated carbocycles. The average Bonchev–Trinajstić information content (AvgIpc) is 3.63. The second-order valence-electron chi connectivity index (χ2n) is 14.3. The van der Waals surface area contributed by atoms with Crippen LogP contribution in [0, 0.1) is 19.7 Å². The van der Waals surface area contributed by atoms with E-state index in [1.165, 1.54) is 35.2 Å². The highest BCUT2D eigenvalue weighted by Crippen LogP contribution is 2.46. The molecule has 7 N–H and O–H groups in total. The van der Waals surface area contributed by atoms with E-state index < -0.39 is 97.0 Å². The SMILES string of the molecule is CC(=O)N[C@H]1[C@H]([C@H](O)[C@H](O)CNC(=O)c2cc(C)c(O)c(C)c2)O[C@@](CC2OC(C)(C)O[C@H]2c2ccc(F)c(N3CCCC3=O)c2)(C(=O)O)C[C@@H]1O. The van der Waals surface area contributed by atoms with Gasteiger partial charge >= 0.3 is 5.97 Å². The molecule has 2 aromatic rings. The highest BCUT2D eigenvalue weighted by atomic mass is 19.1. The summed E-state index contributed by atoms with van der Waals surface area (Å²) < 4.78 is 33.4. The third kappa shape index (κ3) is 8.06. The summed E-state index contributed by atoms with van der Waals surface area (Å²) in [5.74, 6) is -4.91. The molecule has 16 heteroatoms. The Morgan fingerprint density at radius 3 is 2.35 bits per heavy atom. The molecule has 5 rings (SSSR count). The number of aliphatic hydroxyl groups excluding tert-OH is 3. The first-order chi connectivity index (χ1) is 24.3. The standard InChI is InChI=1S/C36H46FN3O12/c1-17-11-21(12-18(2)29(17)45)33(47)38-16-25(43)30(46)32-28(39-19(3)41)24(42)14-36(52-32,34(48)49)15-26-31(51-35(4,5)50-26)20-8-9-22(37)23(13-20)40-10-6-7-27(40)44/h8-9,11-13,24-26,28,30-32,42-43,45-46H,6-7,10,14-16H2,1-5H3,(H,38,47)(H,39,41)(H,48,49)/t24-,25+,26?,28+,30+,31-,32+,36-/m0/s1. The third-order valence-corrected chi connectivity index (χ3v) is 9.76. The molecule has 3 heterocycles. The number of phenolic OH excluding ortho intramolecular Hbond substituents is 1. The molecule has 0 aromatic heterocycles. The molecule has 0 bridgehead atoms. The summed E-state index contributed by atoms with van der Waals surface area (Å²) in [6.07, 6.45) is -9.31. The third-order valence-electron chi connectivity index (χ3n) is 9.76. The number of aliphatic carboxylic acids is 1. The van der Waals surface area contributed by atoms with Gasteiger partial charge < -0.3 is 55.3 Å². The molecule has 3 aliphatic rings. The number of carboxylic acids is 1. The number of aryl methyl sites for hydroxylation is 2. The summed E-state index contributed by atoms with van der Waals surface area (Å²) in [4.78, 5) is 51.9. The van der Waals surface area contributed by atoms with E-state index >= 15 is 0 Å². The molecule has 3 fully saturated rings. The maximum atomic E-state index is 15.0. The van der Waals surface area contributed by atoms with Crippen LogP contribution >= 0.6 is 0 Å². The van der Waals surface area contributed by atoms with Crippen LogP contribution in [-0.4, -0.2) is 110 Å². The van der Waals surface area contributed by atoms with Crippen LogP contribution in [0.1, 0.15) is 79.6 Å². The number of amides is 3. The topological polar surface area (TPSA) is 224 Å². The number of nitrogens with zero attached hydrogens (tertiary/aromatic N) is 1. The van der Waals surface area contributed by atoms with E-state index in [1.807, 2.05) is 0 Å². The largest absolute Gasteiger partial charge is 0.507 e. The number of nitrogens with one attached hydrogen (secondary N) is 2. The number of ether oxygens (including phenoxy) is 3. The number of halogens is 1. The summed E-state index contributed by atoms with van der Waals surface area (Å²) in [5.41, 5.74) is -0.769. The second kappa shape index (κ2) is 15.0. The van der Waals surface area contributed by atoms with Crippen LogP contribution < -0.4 is 15.5 Å². The van der Waals surface area contributed by atoms with Crippen molar-refractivity contribution in [3.63, 3.8) is 0 Å². The first-order valence-corrected chi connectivity index (χ1v) is 17.1. The van der Waals surface area contributed by atoms with E-state index in [0.29, 0.717) is 29.7 Å². The van der Waals surface area contributed by atoms with Gasteiger partial charge in [-0.3, -0.25) is 14.4 Å². The minimum atomic E-state index is -2.27. The number of hydrogen-bond acceptors (Lipinski definition) is 11. The Labute approximate surface area is 299 Å². The lowest BCUT2D eigenvalue weighted by Gasteiger charge is -2.48. The molecule has 0 spiro atoms. The number of phenols is 1. The van der Waals surface area contributed by atoms with Crippen LogP contribution in [0.4, 0.5) is 10.1 Å². The zero-order valence-corrected chi connectivity index (χ0v) is 29.6. The Morgan fingerprint density at radius 1 is 1.08 bits per heavy atom. The molecule has 52 heavy (non-hydrogen) atoms. The van der Waals surface area contributed by atoms with E-state index in [1.54, 1.807) is 27.7 Å². The smallest absolute Gasteiger partial charge is 0.336 e. The van der Waals surface area contributed by atoms with E-state index in [9.17, 15) is 49.1 Å². The normalized spacial score (nSPS) is 28.4. The van der Waals surface area contributed by atoms with Crippen molar-refractivity contribution in [1.82, 2.24) is 10.6 Å². The molecular weight excluding hydrogens is 685 g/mol. The predicted molar refractivity (Wildman–Crippen MR) is 181 cm³/mol. The Kier molecular flexibility index (Phi) is 11.3. The van der Waals surface area contributed by atoms with Crippen LogP contribution in [0.15, 0.2) is 30.3 Å². The van der Waals surface area contributed by atoms with Crippen molar-refractivity contribution >= 4 is 29.4 Å². The zero-order chi connectivity index (χ0) is 38.3. The van der Waals surface area contributed by atoms with Gasteiger partial charge in [-0.1, -0.05) is 6.07 Å². The van der Waals surface area contributed by atoms with Crippen LogP contribution in [-0.2, 0) is 28.6 Å². The lowest BCUT2D eigenvalue weighted by atomic mass is 9.79. The van der Waals surface area contributed by atoms with E-state index in [2.05, 4.69) is 10.6 Å². The molecule has 2 aromatic carbocycles. The molecule has 284 valence electrons. The minimum Gasteiger partial charge on any atom is -0.507 e. The monoisotopic (exact) mass is 731 g/mol. The van der Waals surface area contributed by atoms with Gasteiger partial charge in [0.1, 0.15) is 29.9 Å². The molecule has 0 aliphatic carbocycles. The van der Waals surface area contributed by atoms with Crippen molar-refractivity contribution in [2.45, 2.75) is 114 Å². The molecule has 3 aliphatic heterocycles. The number of anilines is 1. The summed E-state index contributed by atoms with van der Waals surface area (Å²) >= 11 is 0. The number of carbonyl (C=O) groups excluding carboxylic acids is 3. The molecule has 3 saturated heterocycles. The molecule has 0 radical (unpaired) electrons. The number of carboxylic acid groups (broad SMARTS) is 1. The van der Waals surface area contributed by atoms with Crippen LogP contribution in [0.2, 0.25) is 0 Å². The number of hydrogen-bond donors (Lipinski definition) is 7. The summed E-state index contributed by atoms with van der Waals surface area (Å²) in [7, 11) is 0. The van der Waals surface area contributed by atoms with Gasteiger partial charge in [0.15, 0.2) is 11.4 Å². The van der Waals surface area contributed by atoms with Crippen LogP contribution in [0.3, 0.4) is 0 Å². The second-order valence-corrected chi connectivity index (χ2v) is 14.3. The Hall–Kier alpha value is -4.19. The van der Waals surface area contributed by atoms with Crippen LogP contribution in [0.25, 0.3) is 0 Å². The molecule has 15 nitrogen and oxygen atoms in total. The number of aliphatic hydroxyl groups is 3. The van der Waals surface area contributed by atoms with Crippen molar-refractivity contribution in [2.75, 3.05) is 18.0 Å². The van der Waals surface area contributed by atoms with Crippen LogP contribution in [0.5, 0.6) is 5.75 Å². The fourth-order valence-electron chi connectivity index (χ4n) is 7.25. The summed E-state index contributed by atoms with van der Waals surface area (Å²) in [6.45, 7) is 7.36. The van der Waals surface area contributed by atoms with Gasteiger partial charge in [-0.05, 0) is 75.1 Å². The van der Waals surface area contributed by atoms with Crippen molar-refractivity contribution in [1.29, 1.82) is 0 Å². The highest BCUT2D eigenvalue weighted by Gasteiger charge is 2.57. The molecule has 3 amide bonds. The minimum absolute atomic E-state index is 0.0244. The Morgan fingerprint density at radius 2 is 1.75 bits per heavy atom. The van der Waals surface area contributed by atoms with Gasteiger partial charge in [-0.25, -0.2) is 9.18 Å². The van der Waals surface area contributed by atoms with Gasteiger partial charge in [0.05, 0.1) is 30.0 Å². The molecular formula is C36H46FN3O12. The van der Waals surface area contributed by atoms with Crippen molar-refractivity contribution in [3.05, 3.63) is 58.4 Å². The van der Waals surface area contributed by atoms with E-state index in [0.717, 1.165) is 6.92 Å². The summed E-state index contributed by atoms with van der Waals surface area (Å²) in [6, 6.07) is 5.59. The number of carbonyl (C=O) groups is 4. The Bertz CT molecular complexity index is 1700. The number of rotatable bonds is 11. The van der Waals surface area contributed by atoms with E-state index in [4.69, 9.17) is 14.2 Å². The molecule has 8 atom stereocenters. The zero-order valence-electron chi connectivity index (χ0n) is 29.6. The first-order valence-electron chi connectivity index (χ1n) is 17.1. The number of benzene rings is 2. The van der Waals surface area contributed by atoms with Gasteiger partial charge in [0, 0.05) is 44.8 Å². The molecule has 1 unspecified atom stereocenters. The van der Waals surface area contributed by atoms with Crippen molar-refractivity contribution in [2.24, 2.45) is 0 Å². The van der Waals surface area contributed by atoms with Crippen molar-refractivity contribution < 1.29 is 63.3 Å². The van der Waals surface area contributed by atoms with Gasteiger partial charge in [0.2, 0.25) is 11.8 Å². The lowest BCUT2D eigenvalue weighted by Crippen LogP contribution is -2.68. The lowest BCUT2D eigenvalue weighted by molar-refractivity contribution is -0.236. The Balaban J connectivity index is 1.41. The maximum absolute atomic E-state index is 15.0. The van der Waals surface area contributed by atoms with Gasteiger partial charge in [0.25, 0.3) is 5.91 Å². The van der Waals surface area contributed by atoms with Gasteiger partial charge in [-0.15, -0.1) is 0 Å². The van der Waals surface area contributed by atoms with Gasteiger partial charge in [-0.2, -0.15) is 0 Å². The first kappa shape index (κ1) is 39.0. The quantitative estimate of drug-likeness (QED) is 0.175. The fraction of sp³-hybridized carbons (Fsp3) is 0.556. The van der Waals surface area contributed by atoms with E-state index in [-0.39, 0.29) is 29.3 Å². The maximum Gasteiger partial charge on any atom is 0.336 e. The average molecular weight is 732 g/mol. The predicted octanol–water partition coefficient (Wildman–Crippen LogP) is 1.49. The summed E-state index contributed by atoms with van der Waals surface area (Å²) in [5, 5.41) is 59.4. The fourth-order valence-corrected chi connectivity index (χ4v) is 7.25. The highest BCUT2D eigenvalue weighted by molar-refractivity contribution is 5.96.